The van der Waals surface area contributed by atoms with E-state index in [0.717, 1.165) is 12.8 Å². The lowest BCUT2D eigenvalue weighted by atomic mass is 10.1. The molecule has 0 aliphatic carbocycles. The third-order valence-corrected chi connectivity index (χ3v) is 2.10. The summed E-state index contributed by atoms with van der Waals surface area (Å²) in [5.41, 5.74) is 0.660. The number of ether oxygens (including phenoxy) is 3. The van der Waals surface area contributed by atoms with Gasteiger partial charge in [-0.1, -0.05) is 0 Å². The Balaban J connectivity index is 2.57. The van der Waals surface area contributed by atoms with Crippen LogP contribution in [0.2, 0.25) is 0 Å². The largest absolute Gasteiger partial charge is 0.501 e. The maximum absolute atomic E-state index is 11.9. The van der Waals surface area contributed by atoms with E-state index in [-0.39, 0.29) is 5.78 Å². The van der Waals surface area contributed by atoms with Gasteiger partial charge in [0.05, 0.1) is 12.9 Å². The molecule has 0 bridgehead atoms. The zero-order valence-corrected chi connectivity index (χ0v) is 9.32. The Hall–Kier alpha value is -0.870. The molecule has 0 amide bonds. The Morgan fingerprint density at radius 1 is 1.47 bits per heavy atom. The maximum atomic E-state index is 11.9. The minimum Gasteiger partial charge on any atom is -0.501 e. The van der Waals surface area contributed by atoms with Crippen molar-refractivity contribution in [3.8, 4) is 0 Å². The first-order valence-electron chi connectivity index (χ1n) is 5.37. The topological polar surface area (TPSA) is 44.8 Å². The molecular formula is C11H18O4. The van der Waals surface area contributed by atoms with E-state index in [4.69, 9.17) is 14.2 Å². The molecular weight excluding hydrogens is 196 g/mol. The summed E-state index contributed by atoms with van der Waals surface area (Å²) in [5, 5.41) is 0. The molecule has 0 saturated carbocycles. The number of carbonyl (C=O) groups is 1. The van der Waals surface area contributed by atoms with Crippen molar-refractivity contribution >= 4 is 5.78 Å². The highest BCUT2D eigenvalue weighted by Gasteiger charge is 2.24. The van der Waals surface area contributed by atoms with E-state index in [1.165, 1.54) is 6.26 Å². The van der Waals surface area contributed by atoms with Gasteiger partial charge >= 0.3 is 0 Å². The number of hydrogen-bond donors (Lipinski definition) is 0. The first kappa shape index (κ1) is 12.2. The van der Waals surface area contributed by atoms with Crippen molar-refractivity contribution in [3.63, 3.8) is 0 Å². The van der Waals surface area contributed by atoms with E-state index >= 15 is 0 Å². The van der Waals surface area contributed by atoms with Gasteiger partial charge in [-0.2, -0.15) is 0 Å². The molecule has 0 radical (unpaired) electrons. The zero-order valence-electron chi connectivity index (χ0n) is 9.32. The van der Waals surface area contributed by atoms with Crippen molar-refractivity contribution in [3.05, 3.63) is 11.8 Å². The molecule has 0 aromatic rings. The lowest BCUT2D eigenvalue weighted by Gasteiger charge is -2.19. The van der Waals surface area contributed by atoms with E-state index in [9.17, 15) is 4.79 Å². The van der Waals surface area contributed by atoms with Gasteiger partial charge in [-0.05, 0) is 26.7 Å². The highest BCUT2D eigenvalue weighted by molar-refractivity contribution is 5.97. The number of Topliss-reactive ketones (excluding diaryl/α,β-unsaturated/α-hetero) is 1. The predicted molar refractivity (Wildman–Crippen MR) is 55.3 cm³/mol. The normalized spacial score (nSPS) is 16.1. The van der Waals surface area contributed by atoms with Gasteiger partial charge in [-0.15, -0.1) is 0 Å². The Labute approximate surface area is 90.2 Å². The van der Waals surface area contributed by atoms with Crippen LogP contribution in [0.5, 0.6) is 0 Å². The molecule has 4 nitrogen and oxygen atoms in total. The molecule has 1 aliphatic rings. The van der Waals surface area contributed by atoms with Crippen LogP contribution in [-0.4, -0.2) is 31.9 Å². The molecule has 0 N–H and O–H groups in total. The third-order valence-electron chi connectivity index (χ3n) is 2.10. The first-order chi connectivity index (χ1) is 7.29. The summed E-state index contributed by atoms with van der Waals surface area (Å²) in [5.74, 6) is -0.113. The zero-order chi connectivity index (χ0) is 11.1. The summed E-state index contributed by atoms with van der Waals surface area (Å²) in [6.45, 7) is 5.29. The number of carbonyl (C=O) groups excluding carboxylic acids is 1. The second-order valence-electron chi connectivity index (χ2n) is 3.22. The minimum atomic E-state index is -0.770. The van der Waals surface area contributed by atoms with Crippen LogP contribution in [-0.2, 0) is 19.0 Å². The Morgan fingerprint density at radius 2 is 2.13 bits per heavy atom. The van der Waals surface area contributed by atoms with E-state index in [2.05, 4.69) is 0 Å². The minimum absolute atomic E-state index is 0.113. The molecule has 0 spiro atoms. The molecule has 0 atom stereocenters. The van der Waals surface area contributed by atoms with Crippen molar-refractivity contribution in [1.29, 1.82) is 0 Å². The van der Waals surface area contributed by atoms with Crippen molar-refractivity contribution in [2.45, 2.75) is 33.0 Å². The average Bonchev–Trinajstić information content (AvgIpc) is 2.29. The molecule has 0 saturated heterocycles. The molecule has 0 aromatic carbocycles. The van der Waals surface area contributed by atoms with Gasteiger partial charge in [0.15, 0.2) is 0 Å². The van der Waals surface area contributed by atoms with E-state index in [1.54, 1.807) is 0 Å². The Kier molecular flexibility index (Phi) is 5.36. The van der Waals surface area contributed by atoms with Gasteiger partial charge in [0.25, 0.3) is 0 Å². The molecule has 0 fully saturated rings. The fourth-order valence-electron chi connectivity index (χ4n) is 1.40. The molecule has 0 aromatic heterocycles. The molecule has 0 unspecified atom stereocenters. The van der Waals surface area contributed by atoms with Crippen molar-refractivity contribution < 1.29 is 19.0 Å². The smallest absolute Gasteiger partial charge is 0.222 e. The van der Waals surface area contributed by atoms with Gasteiger partial charge < -0.3 is 14.2 Å². The number of ketones is 1. The van der Waals surface area contributed by atoms with Crippen LogP contribution < -0.4 is 0 Å². The third kappa shape index (κ3) is 3.64. The Morgan fingerprint density at radius 3 is 2.60 bits per heavy atom. The SMILES string of the molecule is CCOC(OCC)C(=O)C1=COCCC1. The number of rotatable bonds is 6. The van der Waals surface area contributed by atoms with Gasteiger partial charge in [0.1, 0.15) is 0 Å². The maximum Gasteiger partial charge on any atom is 0.222 e. The van der Waals surface area contributed by atoms with Crippen LogP contribution >= 0.6 is 0 Å². The molecule has 15 heavy (non-hydrogen) atoms. The van der Waals surface area contributed by atoms with Gasteiger partial charge in [-0.3, -0.25) is 4.79 Å². The highest BCUT2D eigenvalue weighted by Crippen LogP contribution is 2.16. The molecule has 86 valence electrons. The summed E-state index contributed by atoms with van der Waals surface area (Å²) in [6, 6.07) is 0. The van der Waals surface area contributed by atoms with Crippen molar-refractivity contribution in [2.24, 2.45) is 0 Å². The molecule has 1 heterocycles. The van der Waals surface area contributed by atoms with Crippen LogP contribution in [0.25, 0.3) is 0 Å². The summed E-state index contributed by atoms with van der Waals surface area (Å²) in [6.07, 6.45) is 2.38. The lowest BCUT2D eigenvalue weighted by Crippen LogP contribution is -2.29. The van der Waals surface area contributed by atoms with Crippen LogP contribution in [0.1, 0.15) is 26.7 Å². The Bertz CT molecular complexity index is 229. The quantitative estimate of drug-likeness (QED) is 0.631. The molecule has 1 aliphatic heterocycles. The van der Waals surface area contributed by atoms with Gasteiger partial charge in [0.2, 0.25) is 12.1 Å². The predicted octanol–water partition coefficient (Wildman–Crippen LogP) is 1.65. The van der Waals surface area contributed by atoms with Crippen molar-refractivity contribution in [1.82, 2.24) is 0 Å². The van der Waals surface area contributed by atoms with Crippen LogP contribution in [0.3, 0.4) is 0 Å². The van der Waals surface area contributed by atoms with E-state index < -0.39 is 6.29 Å². The van der Waals surface area contributed by atoms with Crippen LogP contribution in [0.15, 0.2) is 11.8 Å². The highest BCUT2D eigenvalue weighted by atomic mass is 16.7. The first-order valence-corrected chi connectivity index (χ1v) is 5.37. The molecule has 1 rings (SSSR count). The monoisotopic (exact) mass is 214 g/mol. The summed E-state index contributed by atoms with van der Waals surface area (Å²) >= 11 is 0. The summed E-state index contributed by atoms with van der Waals surface area (Å²) in [7, 11) is 0. The number of hydrogen-bond acceptors (Lipinski definition) is 4. The van der Waals surface area contributed by atoms with E-state index in [0.29, 0.717) is 25.4 Å². The second-order valence-corrected chi connectivity index (χ2v) is 3.22. The van der Waals surface area contributed by atoms with Crippen LogP contribution in [0.4, 0.5) is 0 Å². The standard InChI is InChI=1S/C11H18O4/c1-3-14-11(15-4-2)10(12)9-6-5-7-13-8-9/h8,11H,3-7H2,1-2H3. The van der Waals surface area contributed by atoms with Gasteiger partial charge in [0, 0.05) is 18.8 Å². The summed E-state index contributed by atoms with van der Waals surface area (Å²) < 4.78 is 15.6. The van der Waals surface area contributed by atoms with Gasteiger partial charge in [-0.25, -0.2) is 0 Å². The fourth-order valence-corrected chi connectivity index (χ4v) is 1.40. The van der Waals surface area contributed by atoms with Crippen LogP contribution in [0, 0.1) is 0 Å². The summed E-state index contributed by atoms with van der Waals surface area (Å²) in [4.78, 5) is 11.9. The molecule has 4 heteroatoms. The lowest BCUT2D eigenvalue weighted by molar-refractivity contribution is -0.164. The second kappa shape index (κ2) is 6.58. The van der Waals surface area contributed by atoms with Crippen molar-refractivity contribution in [2.75, 3.05) is 19.8 Å². The van der Waals surface area contributed by atoms with E-state index in [1.807, 2.05) is 13.8 Å². The average molecular weight is 214 g/mol. The fraction of sp³-hybridized carbons (Fsp3) is 0.727.